The summed E-state index contributed by atoms with van der Waals surface area (Å²) in [5, 5.41) is 0. The molecular weight excluding hydrogens is 102 g/mol. The topological polar surface area (TPSA) is 22.1 Å². The highest BCUT2D eigenvalue weighted by Gasteiger charge is 2.25. The Hall–Kier alpha value is -1.05. The van der Waals surface area contributed by atoms with E-state index in [0.717, 1.165) is 5.75 Å². The molecule has 0 bridgehead atoms. The molecule has 0 aromatic rings. The van der Waals surface area contributed by atoms with E-state index in [2.05, 4.69) is 4.98 Å². The third kappa shape index (κ3) is 0.269. The zero-order valence-electron chi connectivity index (χ0n) is 4.51. The Labute approximate surface area is 47.1 Å². The standard InChI is InChI=1S/C6H5NO/c1-8-6-4-2-7-3-5(4)6/h2-3H,1H3. The zero-order valence-corrected chi connectivity index (χ0v) is 4.51. The molecule has 0 spiro atoms. The van der Waals surface area contributed by atoms with Gasteiger partial charge in [-0.2, -0.15) is 0 Å². The Kier molecular flexibility index (Phi) is 0.497. The first-order valence-corrected chi connectivity index (χ1v) is 2.46. The van der Waals surface area contributed by atoms with E-state index in [1.807, 2.05) is 12.4 Å². The van der Waals surface area contributed by atoms with Crippen molar-refractivity contribution in [1.29, 1.82) is 0 Å². The van der Waals surface area contributed by atoms with Gasteiger partial charge in [-0.25, -0.2) is 0 Å². The molecule has 2 aliphatic rings. The van der Waals surface area contributed by atoms with Crippen molar-refractivity contribution in [3.8, 4) is 16.9 Å². The van der Waals surface area contributed by atoms with Crippen molar-refractivity contribution in [2.75, 3.05) is 7.11 Å². The molecule has 0 aromatic heterocycles. The summed E-state index contributed by atoms with van der Waals surface area (Å²) < 4.78 is 4.95. The number of methoxy groups -OCH3 is 1. The predicted octanol–water partition coefficient (Wildman–Crippen LogP) is 1.07. The van der Waals surface area contributed by atoms with Gasteiger partial charge < -0.3 is 4.74 Å². The molecule has 0 saturated heterocycles. The predicted molar refractivity (Wildman–Crippen MR) is 29.8 cm³/mol. The van der Waals surface area contributed by atoms with Crippen LogP contribution in [0.1, 0.15) is 0 Å². The minimum atomic E-state index is 1.01. The molecule has 2 nitrogen and oxygen atoms in total. The van der Waals surface area contributed by atoms with Crippen molar-refractivity contribution < 1.29 is 4.74 Å². The van der Waals surface area contributed by atoms with E-state index in [9.17, 15) is 0 Å². The minimum Gasteiger partial charge on any atom is -0.495 e. The quantitative estimate of drug-likeness (QED) is 0.543. The molecule has 0 N–H and O–H groups in total. The van der Waals surface area contributed by atoms with Gasteiger partial charge in [0.2, 0.25) is 0 Å². The summed E-state index contributed by atoms with van der Waals surface area (Å²) >= 11 is 0. The molecule has 0 fully saturated rings. The molecule has 40 valence electrons. The van der Waals surface area contributed by atoms with E-state index in [4.69, 9.17) is 4.74 Å². The van der Waals surface area contributed by atoms with Crippen LogP contribution in [0.15, 0.2) is 12.4 Å². The monoisotopic (exact) mass is 107 g/mol. The Bertz CT molecular complexity index is 212. The van der Waals surface area contributed by atoms with Gasteiger partial charge in [-0.05, 0) is 0 Å². The molecule has 1 aliphatic carbocycles. The largest absolute Gasteiger partial charge is 0.495 e. The maximum atomic E-state index is 4.95. The summed E-state index contributed by atoms with van der Waals surface area (Å²) in [4.78, 5) is 3.89. The molecule has 0 saturated carbocycles. The molecule has 0 unspecified atom stereocenters. The summed E-state index contributed by atoms with van der Waals surface area (Å²) in [5.41, 5.74) is 2.35. The highest BCUT2D eigenvalue weighted by atomic mass is 16.5. The minimum absolute atomic E-state index is 1.01. The third-order valence-electron chi connectivity index (χ3n) is 1.33. The van der Waals surface area contributed by atoms with Crippen LogP contribution in [0, 0.1) is 0 Å². The van der Waals surface area contributed by atoms with Crippen molar-refractivity contribution in [2.24, 2.45) is 0 Å². The summed E-state index contributed by atoms with van der Waals surface area (Å²) in [6, 6.07) is 0. The van der Waals surface area contributed by atoms with Gasteiger partial charge in [0.25, 0.3) is 0 Å². The SMILES string of the molecule is COc1c2cncc1-2. The van der Waals surface area contributed by atoms with Crippen LogP contribution in [0.3, 0.4) is 0 Å². The summed E-state index contributed by atoms with van der Waals surface area (Å²) in [6.07, 6.45) is 3.63. The van der Waals surface area contributed by atoms with Gasteiger partial charge in [0.1, 0.15) is 5.75 Å². The fourth-order valence-electron chi connectivity index (χ4n) is 0.861. The second kappa shape index (κ2) is 1.02. The lowest BCUT2D eigenvalue weighted by molar-refractivity contribution is 0.430. The number of rotatable bonds is 1. The van der Waals surface area contributed by atoms with Crippen LogP contribution in [-0.4, -0.2) is 12.1 Å². The number of hydrogen-bond acceptors (Lipinski definition) is 2. The van der Waals surface area contributed by atoms with Crippen LogP contribution in [0.4, 0.5) is 0 Å². The fraction of sp³-hybridized carbons (Fsp3) is 0.167. The van der Waals surface area contributed by atoms with Crippen LogP contribution in [0.25, 0.3) is 11.1 Å². The van der Waals surface area contributed by atoms with Gasteiger partial charge >= 0.3 is 0 Å². The van der Waals surface area contributed by atoms with Gasteiger partial charge in [0.05, 0.1) is 7.11 Å². The first-order valence-electron chi connectivity index (χ1n) is 2.46. The van der Waals surface area contributed by atoms with Crippen LogP contribution in [0.2, 0.25) is 0 Å². The molecule has 0 amide bonds. The van der Waals surface area contributed by atoms with Crippen molar-refractivity contribution in [3.63, 3.8) is 0 Å². The maximum absolute atomic E-state index is 4.95. The van der Waals surface area contributed by atoms with Crippen molar-refractivity contribution >= 4 is 0 Å². The second-order valence-corrected chi connectivity index (χ2v) is 1.77. The van der Waals surface area contributed by atoms with Gasteiger partial charge in [0.15, 0.2) is 0 Å². The summed E-state index contributed by atoms with van der Waals surface area (Å²) in [5.74, 6) is 1.01. The van der Waals surface area contributed by atoms with E-state index in [0.29, 0.717) is 0 Å². The zero-order chi connectivity index (χ0) is 5.56. The number of hydrogen-bond donors (Lipinski definition) is 0. The smallest absolute Gasteiger partial charge is 0.138 e. The molecular formula is C6H5NO. The Morgan fingerprint density at radius 1 is 1.38 bits per heavy atom. The van der Waals surface area contributed by atoms with Crippen molar-refractivity contribution in [1.82, 2.24) is 4.98 Å². The highest BCUT2D eigenvalue weighted by molar-refractivity contribution is 5.93. The Morgan fingerprint density at radius 2 is 2.00 bits per heavy atom. The van der Waals surface area contributed by atoms with Crippen LogP contribution in [-0.2, 0) is 0 Å². The number of fused-ring (bicyclic) bond motifs is 1. The highest BCUT2D eigenvalue weighted by Crippen LogP contribution is 2.49. The van der Waals surface area contributed by atoms with Gasteiger partial charge in [-0.1, -0.05) is 0 Å². The summed E-state index contributed by atoms with van der Waals surface area (Å²) in [7, 11) is 1.68. The lowest BCUT2D eigenvalue weighted by atomic mass is 10.6. The van der Waals surface area contributed by atoms with E-state index >= 15 is 0 Å². The first kappa shape index (κ1) is 3.89. The number of pyridine rings is 1. The lowest BCUT2D eigenvalue weighted by Gasteiger charge is -1.79. The number of aromatic nitrogens is 1. The number of nitrogens with zero attached hydrogens (tertiary/aromatic N) is 1. The van der Waals surface area contributed by atoms with Gasteiger partial charge in [-0.3, -0.25) is 4.98 Å². The Balaban J connectivity index is 2.49. The molecule has 1 aliphatic heterocycles. The number of ether oxygens (including phenoxy) is 1. The van der Waals surface area contributed by atoms with Crippen LogP contribution < -0.4 is 4.74 Å². The van der Waals surface area contributed by atoms with E-state index in [-0.39, 0.29) is 0 Å². The summed E-state index contributed by atoms with van der Waals surface area (Å²) in [6.45, 7) is 0. The van der Waals surface area contributed by atoms with E-state index < -0.39 is 0 Å². The molecule has 2 heteroatoms. The molecule has 0 aromatic carbocycles. The maximum Gasteiger partial charge on any atom is 0.138 e. The van der Waals surface area contributed by atoms with Gasteiger partial charge in [0, 0.05) is 23.5 Å². The van der Waals surface area contributed by atoms with Crippen molar-refractivity contribution in [2.45, 2.75) is 0 Å². The third-order valence-corrected chi connectivity index (χ3v) is 1.33. The molecule has 8 heavy (non-hydrogen) atoms. The van der Waals surface area contributed by atoms with Gasteiger partial charge in [-0.15, -0.1) is 0 Å². The Morgan fingerprint density at radius 3 is 2.38 bits per heavy atom. The van der Waals surface area contributed by atoms with E-state index in [1.165, 1.54) is 11.1 Å². The van der Waals surface area contributed by atoms with Crippen LogP contribution in [0.5, 0.6) is 5.75 Å². The average Bonchev–Trinajstić information content (AvgIpc) is 2.22. The van der Waals surface area contributed by atoms with E-state index in [1.54, 1.807) is 7.11 Å². The molecule has 2 rings (SSSR count). The fourth-order valence-corrected chi connectivity index (χ4v) is 0.861. The average molecular weight is 107 g/mol. The normalized spacial score (nSPS) is 11.1. The van der Waals surface area contributed by atoms with Crippen LogP contribution >= 0.6 is 0 Å². The second-order valence-electron chi connectivity index (χ2n) is 1.77. The van der Waals surface area contributed by atoms with Crippen molar-refractivity contribution in [3.05, 3.63) is 12.4 Å². The molecule has 0 atom stereocenters. The first-order chi connectivity index (χ1) is 3.93. The molecule has 1 heterocycles. The lowest BCUT2D eigenvalue weighted by Crippen LogP contribution is -1.70. The molecule has 0 radical (unpaired) electrons.